The minimum atomic E-state index is -1.81. The van der Waals surface area contributed by atoms with Crippen molar-refractivity contribution in [3.63, 3.8) is 0 Å². The minimum absolute atomic E-state index is 0.123. The molecule has 0 aromatic heterocycles. The fraction of sp³-hybridized carbons (Fsp3) is 0.296. The number of benzene rings is 2. The second-order valence-corrected chi connectivity index (χ2v) is 8.41. The molecule has 3 aliphatic rings. The predicted molar refractivity (Wildman–Crippen MR) is 126 cm³/mol. The van der Waals surface area contributed by atoms with Crippen LogP contribution in [0.5, 0.6) is 11.5 Å². The fourth-order valence-corrected chi connectivity index (χ4v) is 4.53. The number of carbonyl (C=O) groups is 1. The molecule has 0 bridgehead atoms. The first-order chi connectivity index (χ1) is 16.5. The van der Waals surface area contributed by atoms with Crippen LogP contribution in [-0.2, 0) is 19.9 Å². The number of hydrogen-bond acceptors (Lipinski definition) is 6. The van der Waals surface area contributed by atoms with E-state index in [9.17, 15) is 9.90 Å². The van der Waals surface area contributed by atoms with Gasteiger partial charge in [-0.15, -0.1) is 0 Å². The van der Waals surface area contributed by atoms with E-state index < -0.39 is 11.5 Å². The van der Waals surface area contributed by atoms with Crippen molar-refractivity contribution in [2.24, 2.45) is 0 Å². The molecule has 1 atom stereocenters. The maximum Gasteiger partial charge on any atom is 0.268 e. The summed E-state index contributed by atoms with van der Waals surface area (Å²) in [6.45, 7) is 7.19. The van der Waals surface area contributed by atoms with Crippen LogP contribution in [0.1, 0.15) is 30.9 Å². The molecule has 0 saturated carbocycles. The van der Waals surface area contributed by atoms with Gasteiger partial charge in [0, 0.05) is 17.7 Å². The summed E-state index contributed by atoms with van der Waals surface area (Å²) in [4.78, 5) is 15.4. The van der Waals surface area contributed by atoms with Gasteiger partial charge in [-0.2, -0.15) is 0 Å². The van der Waals surface area contributed by atoms with Crippen molar-refractivity contribution in [1.29, 1.82) is 0 Å². The first kappa shape index (κ1) is 22.3. The highest BCUT2D eigenvalue weighted by Crippen LogP contribution is 2.47. The normalized spacial score (nSPS) is 23.2. The highest BCUT2D eigenvalue weighted by molar-refractivity contribution is 6.09. The zero-order valence-corrected chi connectivity index (χ0v) is 19.1. The van der Waals surface area contributed by atoms with Crippen LogP contribution in [0.25, 0.3) is 0 Å². The maximum atomic E-state index is 13.8. The smallest absolute Gasteiger partial charge is 0.268 e. The summed E-state index contributed by atoms with van der Waals surface area (Å²) < 4.78 is 21.7. The number of allylic oxidation sites excluding steroid dienone is 3. The Morgan fingerprint density at radius 2 is 1.97 bits per heavy atom. The van der Waals surface area contributed by atoms with Crippen molar-refractivity contribution in [1.82, 2.24) is 0 Å². The van der Waals surface area contributed by atoms with Gasteiger partial charge in [-0.1, -0.05) is 48.6 Å². The molecule has 0 spiro atoms. The molecule has 2 aromatic rings. The standard InChI is InChI=1S/C27H27NO6/c1-3-19(8-9-20-12-13-31-16-32-18(20)2)15-28-23-7-5-4-6-22(23)27(30,26(28)29)21-10-11-24-25(14-21)34-17-33-24/h3-7,9-11,14,30H,2,8,12-13,15-17H2,1H3/b19-3+,20-9-. The molecular weight excluding hydrogens is 434 g/mol. The van der Waals surface area contributed by atoms with Crippen molar-refractivity contribution < 1.29 is 28.8 Å². The molecule has 0 aliphatic carbocycles. The van der Waals surface area contributed by atoms with Crippen molar-refractivity contribution in [3.05, 3.63) is 89.2 Å². The molecule has 1 fully saturated rings. The van der Waals surface area contributed by atoms with E-state index in [4.69, 9.17) is 18.9 Å². The summed E-state index contributed by atoms with van der Waals surface area (Å²) in [6, 6.07) is 12.5. The number of hydrogen-bond donors (Lipinski definition) is 1. The summed E-state index contributed by atoms with van der Waals surface area (Å²) in [5.74, 6) is 1.34. The second-order valence-electron chi connectivity index (χ2n) is 8.41. The van der Waals surface area contributed by atoms with Crippen LogP contribution in [0.3, 0.4) is 0 Å². The van der Waals surface area contributed by atoms with E-state index >= 15 is 0 Å². The van der Waals surface area contributed by atoms with Gasteiger partial charge >= 0.3 is 0 Å². The second kappa shape index (κ2) is 9.00. The molecule has 3 aliphatic heterocycles. The van der Waals surface area contributed by atoms with Crippen molar-refractivity contribution >= 4 is 11.6 Å². The Kier molecular flexibility index (Phi) is 5.89. The third-order valence-corrected chi connectivity index (χ3v) is 6.50. The third-order valence-electron chi connectivity index (χ3n) is 6.50. The topological polar surface area (TPSA) is 77.5 Å². The van der Waals surface area contributed by atoms with Gasteiger partial charge in [-0.3, -0.25) is 4.79 Å². The minimum Gasteiger partial charge on any atom is -0.468 e. The maximum absolute atomic E-state index is 13.8. The van der Waals surface area contributed by atoms with Gasteiger partial charge in [0.1, 0.15) is 5.76 Å². The van der Waals surface area contributed by atoms with Crippen LogP contribution in [0.2, 0.25) is 0 Å². The molecule has 3 heterocycles. The lowest BCUT2D eigenvalue weighted by molar-refractivity contribution is -0.132. The Bertz CT molecular complexity index is 1200. The van der Waals surface area contributed by atoms with E-state index in [-0.39, 0.29) is 13.6 Å². The van der Waals surface area contributed by atoms with Gasteiger partial charge in [-0.25, -0.2) is 0 Å². The summed E-state index contributed by atoms with van der Waals surface area (Å²) in [6.07, 6.45) is 5.43. The molecule has 1 saturated heterocycles. The Hall–Kier alpha value is -3.55. The van der Waals surface area contributed by atoms with Crippen LogP contribution in [0.4, 0.5) is 5.69 Å². The van der Waals surface area contributed by atoms with E-state index in [0.717, 1.165) is 17.6 Å². The fourth-order valence-electron chi connectivity index (χ4n) is 4.53. The summed E-state index contributed by atoms with van der Waals surface area (Å²) in [5, 5.41) is 11.8. The zero-order chi connectivity index (χ0) is 23.7. The van der Waals surface area contributed by atoms with Crippen molar-refractivity contribution in [3.8, 4) is 11.5 Å². The van der Waals surface area contributed by atoms with Crippen molar-refractivity contribution in [2.75, 3.05) is 31.6 Å². The van der Waals surface area contributed by atoms with E-state index in [1.54, 1.807) is 29.2 Å². The Morgan fingerprint density at radius 3 is 2.82 bits per heavy atom. The first-order valence-electron chi connectivity index (χ1n) is 11.3. The average molecular weight is 462 g/mol. The lowest BCUT2D eigenvalue weighted by atomic mass is 9.87. The number of ether oxygens (including phenoxy) is 4. The van der Waals surface area contributed by atoms with E-state index in [0.29, 0.717) is 53.6 Å². The number of rotatable bonds is 5. The molecule has 176 valence electrons. The third kappa shape index (κ3) is 3.77. The van der Waals surface area contributed by atoms with E-state index in [1.165, 1.54) is 0 Å². The van der Waals surface area contributed by atoms with E-state index in [1.807, 2.05) is 31.2 Å². The molecule has 7 nitrogen and oxygen atoms in total. The zero-order valence-electron chi connectivity index (χ0n) is 19.1. The monoisotopic (exact) mass is 461 g/mol. The molecule has 2 aromatic carbocycles. The Labute approximate surface area is 198 Å². The van der Waals surface area contributed by atoms with Crippen LogP contribution in [0.15, 0.2) is 78.1 Å². The quantitative estimate of drug-likeness (QED) is 0.674. The lowest BCUT2D eigenvalue weighted by Gasteiger charge is -2.24. The molecule has 0 radical (unpaired) electrons. The molecule has 5 rings (SSSR count). The van der Waals surface area contributed by atoms with Gasteiger partial charge in [0.05, 0.1) is 12.3 Å². The molecule has 1 N–H and O–H groups in total. The Morgan fingerprint density at radius 1 is 1.15 bits per heavy atom. The number of nitrogens with zero attached hydrogens (tertiary/aromatic N) is 1. The summed E-state index contributed by atoms with van der Waals surface area (Å²) >= 11 is 0. The number of amides is 1. The number of anilines is 1. The van der Waals surface area contributed by atoms with Gasteiger partial charge in [0.25, 0.3) is 5.91 Å². The van der Waals surface area contributed by atoms with Crippen molar-refractivity contribution in [2.45, 2.75) is 25.4 Å². The largest absolute Gasteiger partial charge is 0.468 e. The van der Waals surface area contributed by atoms with Crippen LogP contribution < -0.4 is 14.4 Å². The van der Waals surface area contributed by atoms with Crippen LogP contribution >= 0.6 is 0 Å². The molecule has 1 unspecified atom stereocenters. The van der Waals surface area contributed by atoms with Crippen LogP contribution in [-0.4, -0.2) is 37.8 Å². The van der Waals surface area contributed by atoms with Gasteiger partial charge in [0.15, 0.2) is 23.9 Å². The average Bonchev–Trinajstić information content (AvgIpc) is 3.33. The number of para-hydroxylation sites is 1. The van der Waals surface area contributed by atoms with E-state index in [2.05, 4.69) is 12.7 Å². The SMILES string of the molecule is C=C1OCOCC/C1=C/C/C(=C\C)CN1C(=O)C(O)(c2ccc3c(c2)OCO3)c2ccccc21. The molecule has 34 heavy (non-hydrogen) atoms. The molecule has 1 amide bonds. The number of fused-ring (bicyclic) bond motifs is 2. The summed E-state index contributed by atoms with van der Waals surface area (Å²) in [5.41, 5.74) is 1.92. The Balaban J connectivity index is 1.43. The first-order valence-corrected chi connectivity index (χ1v) is 11.3. The molecular formula is C27H27NO6. The lowest BCUT2D eigenvalue weighted by Crippen LogP contribution is -2.41. The van der Waals surface area contributed by atoms with Gasteiger partial charge < -0.3 is 29.0 Å². The molecule has 7 heteroatoms. The number of aliphatic hydroxyl groups is 1. The van der Waals surface area contributed by atoms with Gasteiger partial charge in [0.2, 0.25) is 6.79 Å². The summed E-state index contributed by atoms with van der Waals surface area (Å²) in [7, 11) is 0. The van der Waals surface area contributed by atoms with Gasteiger partial charge in [-0.05, 0) is 43.5 Å². The highest BCUT2D eigenvalue weighted by Gasteiger charge is 2.51. The number of carbonyl (C=O) groups excluding carboxylic acids is 1. The highest BCUT2D eigenvalue weighted by atomic mass is 16.7. The van der Waals surface area contributed by atoms with Crippen LogP contribution in [0, 0.1) is 0 Å². The predicted octanol–water partition coefficient (Wildman–Crippen LogP) is 4.17.